The summed E-state index contributed by atoms with van der Waals surface area (Å²) in [4.78, 5) is 21.8. The van der Waals surface area contributed by atoms with E-state index in [1.165, 1.54) is 44.2 Å². The maximum atomic E-state index is 12.8. The summed E-state index contributed by atoms with van der Waals surface area (Å²) in [6, 6.07) is 17.7. The van der Waals surface area contributed by atoms with E-state index < -0.39 is 15.9 Å². The average molecular weight is 579 g/mol. The summed E-state index contributed by atoms with van der Waals surface area (Å²) in [7, 11) is -4.03. The van der Waals surface area contributed by atoms with Gasteiger partial charge in [0.1, 0.15) is 22.8 Å². The fourth-order valence-electron chi connectivity index (χ4n) is 4.86. The lowest BCUT2D eigenvalue weighted by molar-refractivity contribution is 0.0977. The first-order chi connectivity index (χ1) is 19.3. The van der Waals surface area contributed by atoms with Crippen LogP contribution in [0.5, 0.6) is 5.75 Å². The molecule has 1 N–H and O–H groups in total. The average Bonchev–Trinajstić information content (AvgIpc) is 3.27. The number of nitrogens with zero attached hydrogens (tertiary/aromatic N) is 3. The second kappa shape index (κ2) is 12.2. The van der Waals surface area contributed by atoms with Crippen LogP contribution in [0.4, 0.5) is 0 Å². The van der Waals surface area contributed by atoms with Crippen LogP contribution in [0.3, 0.4) is 0 Å². The van der Waals surface area contributed by atoms with Crippen LogP contribution in [0.2, 0.25) is 5.02 Å². The molecule has 1 aliphatic carbocycles. The van der Waals surface area contributed by atoms with Gasteiger partial charge in [-0.1, -0.05) is 67.3 Å². The van der Waals surface area contributed by atoms with E-state index in [0.29, 0.717) is 46.6 Å². The minimum atomic E-state index is -4.03. The number of ether oxygens (including phenoxy) is 1. The van der Waals surface area contributed by atoms with Crippen molar-refractivity contribution in [1.29, 1.82) is 0 Å². The first kappa shape index (κ1) is 27.9. The molecular weight excluding hydrogens is 548 g/mol. The Kier molecular flexibility index (Phi) is 8.52. The van der Waals surface area contributed by atoms with Crippen LogP contribution < -0.4 is 9.46 Å². The fraction of sp³-hybridized carbons (Fsp3) is 0.300. The Labute approximate surface area is 239 Å². The molecule has 2 aromatic heterocycles. The van der Waals surface area contributed by atoms with Gasteiger partial charge in [0.05, 0.1) is 18.6 Å². The van der Waals surface area contributed by atoms with Gasteiger partial charge in [-0.3, -0.25) is 4.79 Å². The lowest BCUT2D eigenvalue weighted by Crippen LogP contribution is -2.29. The maximum absolute atomic E-state index is 12.8. The van der Waals surface area contributed by atoms with Gasteiger partial charge < -0.3 is 9.30 Å². The van der Waals surface area contributed by atoms with Crippen molar-refractivity contribution in [3.63, 3.8) is 0 Å². The SMILES string of the molecule is Cc1nc2ccc(C(=O)NS(=O)(=O)C=Cc3ccccc3)nc2n1Cc1ccc(OCC2CCCCC2)cc1Cl. The van der Waals surface area contributed by atoms with E-state index in [4.69, 9.17) is 16.3 Å². The van der Waals surface area contributed by atoms with E-state index >= 15 is 0 Å². The summed E-state index contributed by atoms with van der Waals surface area (Å²) in [6.07, 6.45) is 7.69. The van der Waals surface area contributed by atoms with Gasteiger partial charge in [0.2, 0.25) is 0 Å². The molecule has 1 fully saturated rings. The van der Waals surface area contributed by atoms with Gasteiger partial charge in [0, 0.05) is 5.02 Å². The van der Waals surface area contributed by atoms with E-state index in [9.17, 15) is 13.2 Å². The van der Waals surface area contributed by atoms with E-state index in [2.05, 4.69) is 14.7 Å². The highest BCUT2D eigenvalue weighted by Crippen LogP contribution is 2.28. The largest absolute Gasteiger partial charge is 0.493 e. The number of rotatable bonds is 9. The minimum Gasteiger partial charge on any atom is -0.493 e. The first-order valence-corrected chi connectivity index (χ1v) is 15.3. The molecule has 0 bridgehead atoms. The van der Waals surface area contributed by atoms with Gasteiger partial charge in [-0.15, -0.1) is 0 Å². The van der Waals surface area contributed by atoms with Crippen LogP contribution in [0.25, 0.3) is 17.2 Å². The Morgan fingerprint density at radius 3 is 2.60 bits per heavy atom. The zero-order valence-corrected chi connectivity index (χ0v) is 23.8. The number of imidazole rings is 1. The monoisotopic (exact) mass is 578 g/mol. The Hall–Kier alpha value is -3.69. The number of aryl methyl sites for hydroxylation is 1. The highest BCUT2D eigenvalue weighted by Gasteiger charge is 2.19. The number of carbonyl (C=O) groups excluding carboxylic acids is 1. The predicted octanol–water partition coefficient (Wildman–Crippen LogP) is 6.13. The van der Waals surface area contributed by atoms with Crippen molar-refractivity contribution >= 4 is 44.8 Å². The number of hydrogen-bond donors (Lipinski definition) is 1. The van der Waals surface area contributed by atoms with Crippen molar-refractivity contribution in [1.82, 2.24) is 19.3 Å². The zero-order chi connectivity index (χ0) is 28.1. The number of carbonyl (C=O) groups is 1. The molecule has 0 spiro atoms. The molecular formula is C30H31ClN4O4S. The van der Waals surface area contributed by atoms with Gasteiger partial charge in [0.25, 0.3) is 15.9 Å². The number of nitrogens with one attached hydrogen (secondary N) is 1. The van der Waals surface area contributed by atoms with Gasteiger partial charge in [-0.2, -0.15) is 0 Å². The summed E-state index contributed by atoms with van der Waals surface area (Å²) in [5.41, 5.74) is 2.55. The molecule has 0 aliphatic heterocycles. The number of hydrogen-bond acceptors (Lipinski definition) is 6. The number of sulfonamides is 1. The Bertz CT molecular complexity index is 1650. The summed E-state index contributed by atoms with van der Waals surface area (Å²) in [5, 5.41) is 1.52. The second-order valence-electron chi connectivity index (χ2n) is 10.0. The van der Waals surface area contributed by atoms with Crippen LogP contribution in [0.1, 0.15) is 59.5 Å². The van der Waals surface area contributed by atoms with Gasteiger partial charge in [-0.25, -0.2) is 23.1 Å². The molecule has 0 radical (unpaired) electrons. The molecule has 40 heavy (non-hydrogen) atoms. The van der Waals surface area contributed by atoms with Crippen LogP contribution >= 0.6 is 11.6 Å². The molecule has 2 aromatic carbocycles. The molecule has 208 valence electrons. The molecule has 0 saturated heterocycles. The molecule has 1 aliphatic rings. The van der Waals surface area contributed by atoms with Crippen molar-refractivity contribution < 1.29 is 17.9 Å². The van der Waals surface area contributed by atoms with Crippen molar-refractivity contribution in [2.45, 2.75) is 45.6 Å². The third-order valence-corrected chi connectivity index (χ3v) is 8.37. The highest BCUT2D eigenvalue weighted by molar-refractivity contribution is 7.93. The van der Waals surface area contributed by atoms with Crippen molar-refractivity contribution in [2.75, 3.05) is 6.61 Å². The first-order valence-electron chi connectivity index (χ1n) is 13.3. The van der Waals surface area contributed by atoms with Crippen LogP contribution in [0, 0.1) is 12.8 Å². The second-order valence-corrected chi connectivity index (χ2v) is 12.0. The van der Waals surface area contributed by atoms with E-state index in [0.717, 1.165) is 16.7 Å². The number of halogens is 1. The van der Waals surface area contributed by atoms with E-state index in [1.807, 2.05) is 35.8 Å². The smallest absolute Gasteiger partial charge is 0.283 e. The lowest BCUT2D eigenvalue weighted by atomic mass is 9.90. The Morgan fingerprint density at radius 1 is 1.07 bits per heavy atom. The molecule has 0 atom stereocenters. The summed E-state index contributed by atoms with van der Waals surface area (Å²) in [6.45, 7) is 2.92. The van der Waals surface area contributed by atoms with E-state index in [-0.39, 0.29) is 5.69 Å². The van der Waals surface area contributed by atoms with Crippen molar-refractivity contribution in [3.8, 4) is 5.75 Å². The molecule has 5 rings (SSSR count). The topological polar surface area (TPSA) is 103 Å². The maximum Gasteiger partial charge on any atom is 0.283 e. The molecule has 0 unspecified atom stereocenters. The Morgan fingerprint density at radius 2 is 1.85 bits per heavy atom. The molecule has 2 heterocycles. The van der Waals surface area contributed by atoms with Crippen molar-refractivity contribution in [3.05, 3.63) is 93.7 Å². The normalized spacial score (nSPS) is 14.6. The van der Waals surface area contributed by atoms with Crippen LogP contribution in [-0.4, -0.2) is 35.5 Å². The van der Waals surface area contributed by atoms with Crippen molar-refractivity contribution in [2.24, 2.45) is 5.92 Å². The number of amides is 1. The van der Waals surface area contributed by atoms with E-state index in [1.54, 1.807) is 30.3 Å². The van der Waals surface area contributed by atoms with Crippen LogP contribution in [-0.2, 0) is 16.6 Å². The standard InChI is InChI=1S/C30H31ClN4O4S/c1-21-32-27-14-15-28(30(36)34-40(37,38)17-16-22-8-4-2-5-9-22)33-29(27)35(21)19-24-12-13-25(18-26(24)31)39-20-23-10-6-3-7-11-23/h2,4-5,8-9,12-18,23H,3,6-7,10-11,19-20H2,1H3,(H,34,36). The highest BCUT2D eigenvalue weighted by atomic mass is 35.5. The zero-order valence-electron chi connectivity index (χ0n) is 22.2. The summed E-state index contributed by atoms with van der Waals surface area (Å²) in [5.74, 6) is 1.19. The third kappa shape index (κ3) is 6.89. The Balaban J connectivity index is 1.30. The van der Waals surface area contributed by atoms with Gasteiger partial charge in [0.15, 0.2) is 5.65 Å². The molecule has 8 nitrogen and oxygen atoms in total. The minimum absolute atomic E-state index is 0.0390. The molecule has 1 saturated carbocycles. The number of fused-ring (bicyclic) bond motifs is 1. The lowest BCUT2D eigenvalue weighted by Gasteiger charge is -2.21. The fourth-order valence-corrected chi connectivity index (χ4v) is 5.86. The summed E-state index contributed by atoms with van der Waals surface area (Å²) >= 11 is 6.63. The van der Waals surface area contributed by atoms with Gasteiger partial charge in [-0.05, 0) is 67.2 Å². The summed E-state index contributed by atoms with van der Waals surface area (Å²) < 4.78 is 34.9. The van der Waals surface area contributed by atoms with Gasteiger partial charge >= 0.3 is 0 Å². The third-order valence-electron chi connectivity index (χ3n) is 7.05. The quantitative estimate of drug-likeness (QED) is 0.256. The molecule has 1 amide bonds. The molecule has 10 heteroatoms. The number of aromatic nitrogens is 3. The van der Waals surface area contributed by atoms with Crippen LogP contribution in [0.15, 0.2) is 66.1 Å². The predicted molar refractivity (Wildman–Crippen MR) is 157 cm³/mol. The number of pyridine rings is 1. The molecule has 4 aromatic rings. The number of benzene rings is 2.